The standard InChI is InChI=1S/C15H22FN3O2/c1-19-8-9-21-14(11-19)15(20)18-7-3-6-17-13-5-2-4-12(16)10-13/h2,4-5,10,14,17H,3,6-9,11H2,1H3,(H,18,20)/t14-/m1/s1. The Labute approximate surface area is 124 Å². The van der Waals surface area contributed by atoms with Gasteiger partial charge in [-0.25, -0.2) is 4.39 Å². The van der Waals surface area contributed by atoms with Crippen LogP contribution in [-0.4, -0.2) is 56.7 Å². The number of halogens is 1. The van der Waals surface area contributed by atoms with Crippen molar-refractivity contribution in [3.05, 3.63) is 30.1 Å². The van der Waals surface area contributed by atoms with Gasteiger partial charge in [-0.15, -0.1) is 0 Å². The molecule has 2 N–H and O–H groups in total. The summed E-state index contributed by atoms with van der Waals surface area (Å²) in [5.74, 6) is -0.320. The number of rotatable bonds is 6. The minimum atomic E-state index is -0.375. The lowest BCUT2D eigenvalue weighted by atomic mass is 10.2. The maximum Gasteiger partial charge on any atom is 0.250 e. The number of amides is 1. The van der Waals surface area contributed by atoms with Crippen LogP contribution in [0.2, 0.25) is 0 Å². The van der Waals surface area contributed by atoms with E-state index in [-0.39, 0.29) is 17.8 Å². The third-order valence-electron chi connectivity index (χ3n) is 3.37. The number of ether oxygens (including phenoxy) is 1. The summed E-state index contributed by atoms with van der Waals surface area (Å²) in [5.41, 5.74) is 0.749. The van der Waals surface area contributed by atoms with Crippen molar-refractivity contribution in [2.75, 3.05) is 45.2 Å². The van der Waals surface area contributed by atoms with Crippen LogP contribution in [0.3, 0.4) is 0 Å². The fourth-order valence-corrected chi connectivity index (χ4v) is 2.18. The minimum absolute atomic E-state index is 0.0627. The summed E-state index contributed by atoms with van der Waals surface area (Å²) in [6.07, 6.45) is 0.394. The number of benzene rings is 1. The maximum absolute atomic E-state index is 13.0. The van der Waals surface area contributed by atoms with Crippen molar-refractivity contribution in [1.82, 2.24) is 10.2 Å². The van der Waals surface area contributed by atoms with Crippen LogP contribution in [0.25, 0.3) is 0 Å². The van der Waals surface area contributed by atoms with Crippen molar-refractivity contribution in [1.29, 1.82) is 0 Å². The zero-order valence-electron chi connectivity index (χ0n) is 12.3. The molecule has 1 amide bonds. The number of carbonyl (C=O) groups excluding carboxylic acids is 1. The van der Waals surface area contributed by atoms with E-state index in [1.165, 1.54) is 12.1 Å². The lowest BCUT2D eigenvalue weighted by Gasteiger charge is -2.29. The number of anilines is 1. The van der Waals surface area contributed by atoms with Crippen LogP contribution >= 0.6 is 0 Å². The van der Waals surface area contributed by atoms with Crippen LogP contribution in [0.15, 0.2) is 24.3 Å². The summed E-state index contributed by atoms with van der Waals surface area (Å²) in [7, 11) is 1.98. The molecule has 1 saturated heterocycles. The Bertz CT molecular complexity index is 470. The van der Waals surface area contributed by atoms with Gasteiger partial charge in [-0.05, 0) is 31.7 Å². The van der Waals surface area contributed by atoms with E-state index in [2.05, 4.69) is 15.5 Å². The number of morpholine rings is 1. The van der Waals surface area contributed by atoms with E-state index in [9.17, 15) is 9.18 Å². The fraction of sp³-hybridized carbons (Fsp3) is 0.533. The molecular weight excluding hydrogens is 273 g/mol. The normalized spacial score (nSPS) is 19.2. The first-order valence-electron chi connectivity index (χ1n) is 7.22. The van der Waals surface area contributed by atoms with Crippen molar-refractivity contribution < 1.29 is 13.9 Å². The number of hydrogen-bond donors (Lipinski definition) is 2. The van der Waals surface area contributed by atoms with Crippen molar-refractivity contribution >= 4 is 11.6 Å². The van der Waals surface area contributed by atoms with Gasteiger partial charge in [0, 0.05) is 31.9 Å². The number of likely N-dealkylation sites (N-methyl/N-ethyl adjacent to an activating group) is 1. The molecule has 0 aromatic heterocycles. The van der Waals surface area contributed by atoms with Gasteiger partial charge in [0.2, 0.25) is 5.91 Å². The summed E-state index contributed by atoms with van der Waals surface area (Å²) >= 11 is 0. The SMILES string of the molecule is CN1CCO[C@@H](C(=O)NCCCNc2cccc(F)c2)C1. The number of carbonyl (C=O) groups is 1. The molecule has 0 bridgehead atoms. The van der Waals surface area contributed by atoms with Crippen LogP contribution in [-0.2, 0) is 9.53 Å². The lowest BCUT2D eigenvalue weighted by molar-refractivity contribution is -0.137. The molecule has 116 valence electrons. The summed E-state index contributed by atoms with van der Waals surface area (Å²) in [6, 6.07) is 6.33. The average molecular weight is 295 g/mol. The molecule has 1 aliphatic rings. The predicted molar refractivity (Wildman–Crippen MR) is 79.8 cm³/mol. The van der Waals surface area contributed by atoms with Gasteiger partial charge in [-0.2, -0.15) is 0 Å². The Morgan fingerprint density at radius 2 is 2.33 bits per heavy atom. The molecule has 1 aromatic carbocycles. The average Bonchev–Trinajstić information content (AvgIpc) is 2.47. The third kappa shape index (κ3) is 5.32. The highest BCUT2D eigenvalue weighted by Crippen LogP contribution is 2.08. The second-order valence-electron chi connectivity index (χ2n) is 5.20. The van der Waals surface area contributed by atoms with E-state index < -0.39 is 0 Å². The third-order valence-corrected chi connectivity index (χ3v) is 3.37. The Morgan fingerprint density at radius 1 is 1.48 bits per heavy atom. The highest BCUT2D eigenvalue weighted by molar-refractivity contribution is 5.81. The molecule has 0 unspecified atom stereocenters. The molecule has 2 rings (SSSR count). The summed E-state index contributed by atoms with van der Waals surface area (Å²) in [6.45, 7) is 3.34. The molecule has 1 fully saturated rings. The second-order valence-corrected chi connectivity index (χ2v) is 5.20. The zero-order valence-corrected chi connectivity index (χ0v) is 12.3. The van der Waals surface area contributed by atoms with Crippen LogP contribution in [0.5, 0.6) is 0 Å². The van der Waals surface area contributed by atoms with Gasteiger partial charge >= 0.3 is 0 Å². The van der Waals surface area contributed by atoms with Crippen LogP contribution < -0.4 is 10.6 Å². The van der Waals surface area contributed by atoms with E-state index in [1.54, 1.807) is 6.07 Å². The van der Waals surface area contributed by atoms with E-state index in [4.69, 9.17) is 4.74 Å². The van der Waals surface area contributed by atoms with Gasteiger partial charge in [-0.3, -0.25) is 4.79 Å². The summed E-state index contributed by atoms with van der Waals surface area (Å²) in [4.78, 5) is 14.0. The lowest BCUT2D eigenvalue weighted by Crippen LogP contribution is -2.48. The van der Waals surface area contributed by atoms with Crippen molar-refractivity contribution in [2.24, 2.45) is 0 Å². The van der Waals surface area contributed by atoms with Gasteiger partial charge in [0.05, 0.1) is 6.61 Å². The first-order valence-corrected chi connectivity index (χ1v) is 7.22. The monoisotopic (exact) mass is 295 g/mol. The first kappa shape index (κ1) is 15.7. The minimum Gasteiger partial charge on any atom is -0.385 e. The maximum atomic E-state index is 13.0. The molecule has 1 atom stereocenters. The molecule has 0 aliphatic carbocycles. The van der Waals surface area contributed by atoms with Gasteiger partial charge in [0.15, 0.2) is 0 Å². The van der Waals surface area contributed by atoms with E-state index in [0.717, 1.165) is 18.7 Å². The molecule has 0 radical (unpaired) electrons. The molecule has 21 heavy (non-hydrogen) atoms. The fourth-order valence-electron chi connectivity index (χ4n) is 2.18. The summed E-state index contributed by atoms with van der Waals surface area (Å²) in [5, 5.41) is 5.98. The van der Waals surface area contributed by atoms with Gasteiger partial charge < -0.3 is 20.3 Å². The van der Waals surface area contributed by atoms with E-state index >= 15 is 0 Å². The quantitative estimate of drug-likeness (QED) is 0.771. The second kappa shape index (κ2) is 7.95. The number of nitrogens with zero attached hydrogens (tertiary/aromatic N) is 1. The Hall–Kier alpha value is -1.66. The number of nitrogens with one attached hydrogen (secondary N) is 2. The van der Waals surface area contributed by atoms with Crippen molar-refractivity contribution in [3.63, 3.8) is 0 Å². The van der Waals surface area contributed by atoms with Crippen molar-refractivity contribution in [3.8, 4) is 0 Å². The smallest absolute Gasteiger partial charge is 0.250 e. The Balaban J connectivity index is 1.60. The highest BCUT2D eigenvalue weighted by Gasteiger charge is 2.24. The van der Waals surface area contributed by atoms with Crippen LogP contribution in [0, 0.1) is 5.82 Å². The van der Waals surface area contributed by atoms with Gasteiger partial charge in [0.25, 0.3) is 0 Å². The largest absolute Gasteiger partial charge is 0.385 e. The molecule has 0 saturated carbocycles. The highest BCUT2D eigenvalue weighted by atomic mass is 19.1. The van der Waals surface area contributed by atoms with E-state index in [1.807, 2.05) is 13.1 Å². The molecule has 0 spiro atoms. The van der Waals surface area contributed by atoms with Gasteiger partial charge in [-0.1, -0.05) is 6.07 Å². The molecule has 5 nitrogen and oxygen atoms in total. The predicted octanol–water partition coefficient (Wildman–Crippen LogP) is 1.07. The van der Waals surface area contributed by atoms with Gasteiger partial charge in [0.1, 0.15) is 11.9 Å². The summed E-state index contributed by atoms with van der Waals surface area (Å²) < 4.78 is 18.4. The molecular formula is C15H22FN3O2. The molecule has 6 heteroatoms. The Morgan fingerprint density at radius 3 is 3.10 bits per heavy atom. The van der Waals surface area contributed by atoms with Crippen molar-refractivity contribution in [2.45, 2.75) is 12.5 Å². The topological polar surface area (TPSA) is 53.6 Å². The van der Waals surface area contributed by atoms with Crippen LogP contribution in [0.1, 0.15) is 6.42 Å². The molecule has 1 aromatic rings. The van der Waals surface area contributed by atoms with Crippen LogP contribution in [0.4, 0.5) is 10.1 Å². The molecule has 1 heterocycles. The first-order chi connectivity index (χ1) is 10.1. The Kier molecular flexibility index (Phi) is 5.95. The number of hydrogen-bond acceptors (Lipinski definition) is 4. The zero-order chi connectivity index (χ0) is 15.1. The molecule has 1 aliphatic heterocycles. The van der Waals surface area contributed by atoms with E-state index in [0.29, 0.717) is 26.2 Å².